The van der Waals surface area contributed by atoms with Crippen LogP contribution in [-0.4, -0.2) is 48.1 Å². The molecule has 3 rings (SSSR count). The summed E-state index contributed by atoms with van der Waals surface area (Å²) in [6, 6.07) is 9.83. The highest BCUT2D eigenvalue weighted by atomic mass is 32.1. The number of para-hydroxylation sites is 1. The van der Waals surface area contributed by atoms with E-state index in [-0.39, 0.29) is 11.0 Å². The predicted molar refractivity (Wildman–Crippen MR) is 143 cm³/mol. The standard InChI is InChI=1S/C28H39N3O2S/c1-7-22(8-2)25-24(34-26(29-25)27(4,5)6)19-30-17-15-28(16-18-30,33-9-3)20-31(21-32)23-13-11-10-12-14-23/h7-8,10-14,21H,1,9,15-20H2,2-6H3/b22-8+. The molecule has 1 aliphatic heterocycles. The summed E-state index contributed by atoms with van der Waals surface area (Å²) in [4.78, 5) is 22.5. The number of aromatic nitrogens is 1. The minimum atomic E-state index is -0.329. The summed E-state index contributed by atoms with van der Waals surface area (Å²) in [6.45, 7) is 18.6. The van der Waals surface area contributed by atoms with Gasteiger partial charge in [0.1, 0.15) is 0 Å². The maximum absolute atomic E-state index is 11.9. The Balaban J connectivity index is 1.76. The van der Waals surface area contributed by atoms with E-state index in [4.69, 9.17) is 9.72 Å². The molecule has 0 aliphatic carbocycles. The van der Waals surface area contributed by atoms with Crippen molar-refractivity contribution in [2.24, 2.45) is 0 Å². The molecule has 0 unspecified atom stereocenters. The van der Waals surface area contributed by atoms with Gasteiger partial charge in [-0.05, 0) is 44.4 Å². The van der Waals surface area contributed by atoms with Gasteiger partial charge in [-0.3, -0.25) is 9.69 Å². The van der Waals surface area contributed by atoms with E-state index in [1.807, 2.05) is 61.6 Å². The molecule has 2 heterocycles. The van der Waals surface area contributed by atoms with E-state index in [9.17, 15) is 4.79 Å². The molecule has 0 saturated carbocycles. The molecule has 1 aliphatic rings. The summed E-state index contributed by atoms with van der Waals surface area (Å²) in [6.07, 6.45) is 6.69. The van der Waals surface area contributed by atoms with Crippen molar-refractivity contribution in [2.45, 2.75) is 65.0 Å². The lowest BCUT2D eigenvalue weighted by molar-refractivity contribution is -0.110. The SMILES string of the molecule is C=C/C(=C\C)c1nc(C(C)(C)C)sc1CN1CCC(CN(C=O)c2ccccc2)(OCC)CC1. The molecule has 6 heteroatoms. The van der Waals surface area contributed by atoms with Gasteiger partial charge in [0.2, 0.25) is 6.41 Å². The number of carbonyl (C=O) groups excluding carboxylic acids is 1. The molecule has 1 fully saturated rings. The summed E-state index contributed by atoms with van der Waals surface area (Å²) in [5, 5.41) is 1.16. The van der Waals surface area contributed by atoms with E-state index in [2.05, 4.69) is 38.3 Å². The predicted octanol–water partition coefficient (Wildman–Crippen LogP) is 6.06. The fraction of sp³-hybridized carbons (Fsp3) is 0.500. The number of hydrogen-bond donors (Lipinski definition) is 0. The Hall–Kier alpha value is -2.28. The fourth-order valence-corrected chi connectivity index (χ4v) is 5.64. The number of hydrogen-bond acceptors (Lipinski definition) is 5. The minimum Gasteiger partial charge on any atom is -0.373 e. The van der Waals surface area contributed by atoms with Crippen molar-refractivity contribution >= 4 is 29.0 Å². The van der Waals surface area contributed by atoms with Crippen molar-refractivity contribution < 1.29 is 9.53 Å². The molecule has 34 heavy (non-hydrogen) atoms. The van der Waals surface area contributed by atoms with Crippen LogP contribution in [0.25, 0.3) is 5.57 Å². The number of ether oxygens (including phenoxy) is 1. The second-order valence-electron chi connectivity index (χ2n) is 9.95. The smallest absolute Gasteiger partial charge is 0.214 e. The average Bonchev–Trinajstić information content (AvgIpc) is 3.25. The Morgan fingerprint density at radius 2 is 1.94 bits per heavy atom. The number of nitrogens with zero attached hydrogens (tertiary/aromatic N) is 3. The lowest BCUT2D eigenvalue weighted by Gasteiger charge is -2.43. The second-order valence-corrected chi connectivity index (χ2v) is 11.0. The molecule has 0 radical (unpaired) electrons. The van der Waals surface area contributed by atoms with Gasteiger partial charge >= 0.3 is 0 Å². The molecule has 5 nitrogen and oxygen atoms in total. The van der Waals surface area contributed by atoms with Crippen molar-refractivity contribution in [1.82, 2.24) is 9.88 Å². The van der Waals surface area contributed by atoms with Crippen LogP contribution < -0.4 is 4.90 Å². The van der Waals surface area contributed by atoms with Gasteiger partial charge in [-0.25, -0.2) is 4.98 Å². The molecule has 0 bridgehead atoms. The number of rotatable bonds is 10. The molecule has 1 aromatic heterocycles. The molecular weight excluding hydrogens is 442 g/mol. The van der Waals surface area contributed by atoms with Gasteiger partial charge in [0.15, 0.2) is 0 Å². The number of thiazole rings is 1. The molecule has 1 amide bonds. The number of carbonyl (C=O) groups is 1. The third kappa shape index (κ3) is 6.23. The summed E-state index contributed by atoms with van der Waals surface area (Å²) in [5.74, 6) is 0. The fourth-order valence-electron chi connectivity index (χ4n) is 4.45. The van der Waals surface area contributed by atoms with Gasteiger partial charge in [0.25, 0.3) is 0 Å². The summed E-state index contributed by atoms with van der Waals surface area (Å²) < 4.78 is 6.31. The first-order valence-electron chi connectivity index (χ1n) is 12.2. The van der Waals surface area contributed by atoms with E-state index < -0.39 is 0 Å². The van der Waals surface area contributed by atoms with Crippen LogP contribution in [0, 0.1) is 0 Å². The van der Waals surface area contributed by atoms with Gasteiger partial charge in [-0.1, -0.05) is 57.7 Å². The Labute approximate surface area is 209 Å². The first-order valence-corrected chi connectivity index (χ1v) is 13.0. The first kappa shape index (κ1) is 26.3. The van der Waals surface area contributed by atoms with Crippen molar-refractivity contribution in [3.8, 4) is 0 Å². The molecule has 184 valence electrons. The van der Waals surface area contributed by atoms with E-state index in [1.165, 1.54) is 4.88 Å². The van der Waals surface area contributed by atoms with Crippen LogP contribution in [0.3, 0.4) is 0 Å². The lowest BCUT2D eigenvalue weighted by Crippen LogP contribution is -2.52. The summed E-state index contributed by atoms with van der Waals surface area (Å²) >= 11 is 1.81. The largest absolute Gasteiger partial charge is 0.373 e. The van der Waals surface area contributed by atoms with Gasteiger partial charge in [0, 0.05) is 42.2 Å². The zero-order chi connectivity index (χ0) is 24.8. The number of allylic oxidation sites excluding steroid dienone is 3. The maximum Gasteiger partial charge on any atom is 0.214 e. The molecule has 2 aromatic rings. The molecule has 0 N–H and O–H groups in total. The van der Waals surface area contributed by atoms with Crippen LogP contribution in [0.4, 0.5) is 5.69 Å². The normalized spacial score (nSPS) is 16.9. The van der Waals surface area contributed by atoms with E-state index in [0.29, 0.717) is 13.2 Å². The Kier molecular flexibility index (Phi) is 8.85. The zero-order valence-corrected chi connectivity index (χ0v) is 22.2. The number of amides is 1. The topological polar surface area (TPSA) is 45.7 Å². The van der Waals surface area contributed by atoms with E-state index in [0.717, 1.165) is 60.8 Å². The van der Waals surface area contributed by atoms with Crippen molar-refractivity contribution in [3.63, 3.8) is 0 Å². The minimum absolute atomic E-state index is 0.0133. The Morgan fingerprint density at radius 3 is 2.47 bits per heavy atom. The molecular formula is C28H39N3O2S. The number of likely N-dealkylation sites (tertiary alicyclic amines) is 1. The highest BCUT2D eigenvalue weighted by Gasteiger charge is 2.37. The lowest BCUT2D eigenvalue weighted by atomic mass is 9.90. The van der Waals surface area contributed by atoms with E-state index in [1.54, 1.807) is 4.90 Å². The summed E-state index contributed by atoms with van der Waals surface area (Å²) in [7, 11) is 0. The highest BCUT2D eigenvalue weighted by Crippen LogP contribution is 2.35. The van der Waals surface area contributed by atoms with Crippen LogP contribution in [0.1, 0.15) is 63.0 Å². The molecule has 0 atom stereocenters. The van der Waals surface area contributed by atoms with Crippen molar-refractivity contribution in [2.75, 3.05) is 31.1 Å². The highest BCUT2D eigenvalue weighted by molar-refractivity contribution is 7.12. The van der Waals surface area contributed by atoms with Crippen LogP contribution in [0.15, 0.2) is 49.1 Å². The molecule has 1 aromatic carbocycles. The van der Waals surface area contributed by atoms with Gasteiger partial charge in [0.05, 0.1) is 22.8 Å². The van der Waals surface area contributed by atoms with Crippen LogP contribution in [0.2, 0.25) is 0 Å². The van der Waals surface area contributed by atoms with Crippen LogP contribution in [0.5, 0.6) is 0 Å². The monoisotopic (exact) mass is 481 g/mol. The third-order valence-electron chi connectivity index (χ3n) is 6.40. The van der Waals surface area contributed by atoms with Crippen molar-refractivity contribution in [3.05, 3.63) is 64.6 Å². The molecule has 0 spiro atoms. The van der Waals surface area contributed by atoms with Crippen LogP contribution in [-0.2, 0) is 21.5 Å². The quantitative estimate of drug-likeness (QED) is 0.305. The van der Waals surface area contributed by atoms with Gasteiger partial charge in [-0.15, -0.1) is 11.3 Å². The average molecular weight is 482 g/mol. The first-order chi connectivity index (χ1) is 16.2. The Morgan fingerprint density at radius 1 is 1.26 bits per heavy atom. The number of anilines is 1. The number of piperidine rings is 1. The molecule has 1 saturated heterocycles. The summed E-state index contributed by atoms with van der Waals surface area (Å²) in [5.41, 5.74) is 2.74. The van der Waals surface area contributed by atoms with E-state index >= 15 is 0 Å². The van der Waals surface area contributed by atoms with Gasteiger partial charge in [-0.2, -0.15) is 0 Å². The second kappa shape index (κ2) is 11.4. The maximum atomic E-state index is 11.9. The Bertz CT molecular complexity index is 983. The zero-order valence-electron chi connectivity index (χ0n) is 21.3. The third-order valence-corrected chi connectivity index (χ3v) is 7.87. The number of benzene rings is 1. The van der Waals surface area contributed by atoms with Gasteiger partial charge < -0.3 is 9.64 Å². The van der Waals surface area contributed by atoms with Crippen molar-refractivity contribution in [1.29, 1.82) is 0 Å². The van der Waals surface area contributed by atoms with Crippen LogP contribution >= 0.6 is 11.3 Å².